The van der Waals surface area contributed by atoms with E-state index in [-0.39, 0.29) is 11.1 Å². The number of unbranched alkanes of at least 4 members (excludes halogenated alkanes) is 10. The molecule has 0 unspecified atom stereocenters. The van der Waals surface area contributed by atoms with E-state index in [2.05, 4.69) is 13.8 Å². The van der Waals surface area contributed by atoms with E-state index in [1.165, 1.54) is 38.5 Å². The van der Waals surface area contributed by atoms with E-state index in [9.17, 15) is 19.8 Å². The molecule has 214 valence electrons. The van der Waals surface area contributed by atoms with E-state index in [1.54, 1.807) is 0 Å². The van der Waals surface area contributed by atoms with Gasteiger partial charge >= 0.3 is 11.9 Å². The second-order valence-electron chi connectivity index (χ2n) is 10.8. The lowest BCUT2D eigenvalue weighted by Gasteiger charge is -2.25. The highest BCUT2D eigenvalue weighted by molar-refractivity contribution is 6.10. The Morgan fingerprint density at radius 1 is 0.500 bits per heavy atom. The van der Waals surface area contributed by atoms with Gasteiger partial charge in [0.2, 0.25) is 0 Å². The standard InChI is InChI=1S/C36H46O4/c1-3-5-7-9-11-19-25-29-31(27-21-15-13-16-22-27)30(26-20-12-10-8-6-4-2)33(35(37)38)34(36(39)40)32(29)28-23-17-14-18-24-28/h13-18,21-24H,3-12,19-20,25-26H2,1-2H3,(H,37,38)(H,39,40). The van der Waals surface area contributed by atoms with E-state index in [1.807, 2.05) is 60.7 Å². The van der Waals surface area contributed by atoms with Crippen molar-refractivity contribution in [3.8, 4) is 22.3 Å². The van der Waals surface area contributed by atoms with Gasteiger partial charge in [-0.15, -0.1) is 0 Å². The molecule has 0 heterocycles. The number of hydrogen-bond donors (Lipinski definition) is 2. The predicted molar refractivity (Wildman–Crippen MR) is 165 cm³/mol. The summed E-state index contributed by atoms with van der Waals surface area (Å²) in [6, 6.07) is 19.5. The van der Waals surface area contributed by atoms with Gasteiger partial charge in [-0.3, -0.25) is 0 Å². The maximum absolute atomic E-state index is 12.9. The first kappa shape index (κ1) is 31.1. The third-order valence-electron chi connectivity index (χ3n) is 7.82. The summed E-state index contributed by atoms with van der Waals surface area (Å²) in [5.41, 5.74) is 4.72. The Hall–Kier alpha value is -3.40. The molecule has 0 spiro atoms. The van der Waals surface area contributed by atoms with E-state index in [0.717, 1.165) is 60.8 Å². The maximum atomic E-state index is 12.9. The van der Waals surface area contributed by atoms with Crippen LogP contribution in [0.25, 0.3) is 22.3 Å². The molecule has 0 aliphatic heterocycles. The number of carbonyl (C=O) groups is 2. The number of carboxylic acid groups (broad SMARTS) is 2. The van der Waals surface area contributed by atoms with E-state index in [0.29, 0.717) is 24.0 Å². The fraction of sp³-hybridized carbons (Fsp3) is 0.444. The summed E-state index contributed by atoms with van der Waals surface area (Å²) in [7, 11) is 0. The molecular weight excluding hydrogens is 496 g/mol. The van der Waals surface area contributed by atoms with Crippen LogP contribution in [0.5, 0.6) is 0 Å². The van der Waals surface area contributed by atoms with E-state index in [4.69, 9.17) is 0 Å². The van der Waals surface area contributed by atoms with Crippen molar-refractivity contribution in [3.63, 3.8) is 0 Å². The van der Waals surface area contributed by atoms with Crippen LogP contribution < -0.4 is 0 Å². The van der Waals surface area contributed by atoms with Gasteiger partial charge in [0.1, 0.15) is 0 Å². The summed E-state index contributed by atoms with van der Waals surface area (Å²) < 4.78 is 0. The molecule has 4 heteroatoms. The van der Waals surface area contributed by atoms with Gasteiger partial charge in [0.25, 0.3) is 0 Å². The Bertz CT molecular complexity index is 1210. The monoisotopic (exact) mass is 542 g/mol. The summed E-state index contributed by atoms with van der Waals surface area (Å²) in [5.74, 6) is -2.34. The zero-order valence-corrected chi connectivity index (χ0v) is 24.4. The fourth-order valence-corrected chi connectivity index (χ4v) is 5.85. The molecule has 0 saturated heterocycles. The molecule has 2 N–H and O–H groups in total. The molecule has 4 nitrogen and oxygen atoms in total. The largest absolute Gasteiger partial charge is 0.478 e. The number of benzene rings is 3. The van der Waals surface area contributed by atoms with Crippen molar-refractivity contribution >= 4 is 11.9 Å². The van der Waals surface area contributed by atoms with Crippen molar-refractivity contribution < 1.29 is 19.8 Å². The molecule has 40 heavy (non-hydrogen) atoms. The van der Waals surface area contributed by atoms with Crippen LogP contribution in [0.15, 0.2) is 60.7 Å². The Balaban J connectivity index is 2.24. The lowest BCUT2D eigenvalue weighted by atomic mass is 9.78. The van der Waals surface area contributed by atoms with Crippen molar-refractivity contribution in [2.24, 2.45) is 0 Å². The van der Waals surface area contributed by atoms with Crippen LogP contribution >= 0.6 is 0 Å². The number of rotatable bonds is 18. The minimum Gasteiger partial charge on any atom is -0.478 e. The Morgan fingerprint density at radius 3 is 1.35 bits per heavy atom. The third-order valence-corrected chi connectivity index (χ3v) is 7.82. The minimum absolute atomic E-state index is 0.0505. The summed E-state index contributed by atoms with van der Waals surface area (Å²) in [4.78, 5) is 25.8. The highest BCUT2D eigenvalue weighted by atomic mass is 16.4. The highest BCUT2D eigenvalue weighted by Gasteiger charge is 2.31. The zero-order chi connectivity index (χ0) is 28.7. The van der Waals surface area contributed by atoms with Crippen molar-refractivity contribution in [2.75, 3.05) is 0 Å². The number of carboxylic acids is 2. The number of aromatic carboxylic acids is 2. The smallest absolute Gasteiger partial charge is 0.337 e. The molecule has 0 aliphatic carbocycles. The molecule has 0 aromatic heterocycles. The lowest BCUT2D eigenvalue weighted by Crippen LogP contribution is -2.17. The Morgan fingerprint density at radius 2 is 0.900 bits per heavy atom. The quantitative estimate of drug-likeness (QED) is 0.157. The molecular formula is C36H46O4. The molecule has 0 amide bonds. The van der Waals surface area contributed by atoms with Crippen molar-refractivity contribution in [1.29, 1.82) is 0 Å². The van der Waals surface area contributed by atoms with Crippen molar-refractivity contribution in [3.05, 3.63) is 82.9 Å². The molecule has 0 aliphatic rings. The van der Waals surface area contributed by atoms with Gasteiger partial charge in [-0.1, -0.05) is 139 Å². The van der Waals surface area contributed by atoms with Crippen LogP contribution in [0.3, 0.4) is 0 Å². The van der Waals surface area contributed by atoms with Crippen LogP contribution in [0.2, 0.25) is 0 Å². The van der Waals surface area contributed by atoms with Crippen LogP contribution in [0.4, 0.5) is 0 Å². The van der Waals surface area contributed by atoms with Gasteiger partial charge in [-0.2, -0.15) is 0 Å². The molecule has 3 aromatic carbocycles. The molecule has 3 rings (SSSR count). The minimum atomic E-state index is -1.18. The predicted octanol–water partition coefficient (Wildman–Crippen LogP) is 10.2. The van der Waals surface area contributed by atoms with E-state index < -0.39 is 11.9 Å². The van der Waals surface area contributed by atoms with Crippen LogP contribution in [0.1, 0.15) is 123 Å². The van der Waals surface area contributed by atoms with E-state index >= 15 is 0 Å². The van der Waals surface area contributed by atoms with Gasteiger partial charge < -0.3 is 10.2 Å². The summed E-state index contributed by atoms with van der Waals surface area (Å²) in [5, 5.41) is 21.1. The fourth-order valence-electron chi connectivity index (χ4n) is 5.85. The summed E-state index contributed by atoms with van der Waals surface area (Å²) >= 11 is 0. The Kier molecular flexibility index (Phi) is 13.0. The first-order chi connectivity index (χ1) is 19.5. The molecule has 0 radical (unpaired) electrons. The van der Waals surface area contributed by atoms with Crippen LogP contribution in [-0.2, 0) is 12.8 Å². The molecule has 0 atom stereocenters. The SMILES string of the molecule is CCCCCCCCc1c(C(=O)O)c(C(=O)O)c(-c2ccccc2)c(CCCCCCCC)c1-c1ccccc1. The number of hydrogen-bond acceptors (Lipinski definition) is 2. The second-order valence-corrected chi connectivity index (χ2v) is 10.8. The average molecular weight is 543 g/mol. The molecule has 3 aromatic rings. The second kappa shape index (κ2) is 16.6. The Labute approximate surface area is 240 Å². The van der Waals surface area contributed by atoms with Gasteiger partial charge in [-0.25, -0.2) is 9.59 Å². The van der Waals surface area contributed by atoms with Crippen LogP contribution in [-0.4, -0.2) is 22.2 Å². The first-order valence-corrected chi connectivity index (χ1v) is 15.3. The molecule has 0 fully saturated rings. The topological polar surface area (TPSA) is 74.6 Å². The normalized spacial score (nSPS) is 11.1. The highest BCUT2D eigenvalue weighted by Crippen LogP contribution is 2.42. The van der Waals surface area contributed by atoms with Gasteiger partial charge in [0, 0.05) is 5.56 Å². The van der Waals surface area contributed by atoms with Crippen molar-refractivity contribution in [2.45, 2.75) is 104 Å². The summed E-state index contributed by atoms with van der Waals surface area (Å²) in [6.45, 7) is 4.40. The summed E-state index contributed by atoms with van der Waals surface area (Å²) in [6.07, 6.45) is 14.5. The molecule has 0 bridgehead atoms. The zero-order valence-electron chi connectivity index (χ0n) is 24.4. The molecule has 0 saturated carbocycles. The third kappa shape index (κ3) is 8.30. The van der Waals surface area contributed by atoms with Crippen molar-refractivity contribution in [1.82, 2.24) is 0 Å². The lowest BCUT2D eigenvalue weighted by molar-refractivity contribution is 0.0651. The first-order valence-electron chi connectivity index (χ1n) is 15.3. The van der Waals surface area contributed by atoms with Gasteiger partial charge in [0.15, 0.2) is 0 Å². The average Bonchev–Trinajstić information content (AvgIpc) is 2.96. The van der Waals surface area contributed by atoms with Gasteiger partial charge in [0.05, 0.1) is 11.1 Å². The van der Waals surface area contributed by atoms with Gasteiger partial charge in [-0.05, 0) is 53.5 Å². The maximum Gasteiger partial charge on any atom is 0.337 e. The van der Waals surface area contributed by atoms with Crippen LogP contribution in [0, 0.1) is 0 Å².